The number of hydrogen-bond donors (Lipinski definition) is 2. The minimum atomic E-state index is -0.524. The molecule has 1 amide bonds. The van der Waals surface area contributed by atoms with Crippen LogP contribution in [0.15, 0.2) is 12.1 Å². The highest BCUT2D eigenvalue weighted by Gasteiger charge is 2.37. The van der Waals surface area contributed by atoms with E-state index in [9.17, 15) is 9.18 Å². The van der Waals surface area contributed by atoms with Crippen LogP contribution in [0.25, 0.3) is 0 Å². The van der Waals surface area contributed by atoms with Gasteiger partial charge >= 0.3 is 6.09 Å². The number of nitrogens with two attached hydrogens (primary N) is 1. The Morgan fingerprint density at radius 3 is 3.12 bits per heavy atom. The van der Waals surface area contributed by atoms with Crippen LogP contribution in [0.2, 0.25) is 0 Å². The van der Waals surface area contributed by atoms with Crippen LogP contribution in [-0.4, -0.2) is 49.6 Å². The summed E-state index contributed by atoms with van der Waals surface area (Å²) in [4.78, 5) is 15.6. The van der Waals surface area contributed by atoms with E-state index in [0.29, 0.717) is 36.8 Å². The second-order valence-corrected chi connectivity index (χ2v) is 6.88. The van der Waals surface area contributed by atoms with Crippen LogP contribution >= 0.6 is 12.2 Å². The number of rotatable bonds is 3. The minimum absolute atomic E-state index is 0.142. The van der Waals surface area contributed by atoms with Gasteiger partial charge in [0.15, 0.2) is 10.9 Å². The van der Waals surface area contributed by atoms with Gasteiger partial charge in [-0.15, -0.1) is 0 Å². The maximum atomic E-state index is 14.8. The number of carbonyl (C=O) groups excluding carboxylic acids is 1. The molecule has 2 fully saturated rings. The second-order valence-electron chi connectivity index (χ2n) is 6.44. The fraction of sp³-hybridized carbons (Fsp3) is 0.500. The molecule has 0 saturated carbocycles. The fourth-order valence-corrected chi connectivity index (χ4v) is 3.73. The molecule has 0 aliphatic carbocycles. The van der Waals surface area contributed by atoms with Gasteiger partial charge in [0.1, 0.15) is 24.1 Å². The topological polar surface area (TPSA) is 80.1 Å². The Bertz CT molecular complexity index is 732. The van der Waals surface area contributed by atoms with Gasteiger partial charge < -0.3 is 25.4 Å². The number of nitrogens with one attached hydrogen (secondary N) is 1. The molecule has 1 aromatic rings. The van der Waals surface area contributed by atoms with Gasteiger partial charge in [0.2, 0.25) is 0 Å². The third-order valence-corrected chi connectivity index (χ3v) is 4.94. The standard InChI is InChI=1S/C16H19FN4O3S/c17-12-4-10(21-7-11(24-16(21)22)6-19-15(18)25)5-13-14(12)20-3-1-2-9(20)8-23-13/h4-5,9,11H,1-3,6-8H2,(H3,18,19,25)/t9-,11-/m0/s1. The summed E-state index contributed by atoms with van der Waals surface area (Å²) in [6, 6.07) is 3.31. The molecular formula is C16H19FN4O3S. The van der Waals surface area contributed by atoms with Crippen LogP contribution in [0.4, 0.5) is 20.6 Å². The molecule has 0 bridgehead atoms. The van der Waals surface area contributed by atoms with E-state index in [2.05, 4.69) is 10.2 Å². The van der Waals surface area contributed by atoms with Gasteiger partial charge in [-0.1, -0.05) is 0 Å². The van der Waals surface area contributed by atoms with Crippen LogP contribution in [0.5, 0.6) is 5.75 Å². The van der Waals surface area contributed by atoms with Crippen molar-refractivity contribution in [3.8, 4) is 5.75 Å². The molecule has 3 aliphatic heterocycles. The van der Waals surface area contributed by atoms with E-state index in [1.54, 1.807) is 6.07 Å². The lowest BCUT2D eigenvalue weighted by Gasteiger charge is -2.34. The van der Waals surface area contributed by atoms with E-state index in [0.717, 1.165) is 19.4 Å². The SMILES string of the molecule is NC(=S)NC[C@H]1CN(c2cc(F)c3c(c2)OC[C@@H]2CCCN32)C(=O)O1. The van der Waals surface area contributed by atoms with Crippen LogP contribution < -0.4 is 25.6 Å². The smallest absolute Gasteiger partial charge is 0.414 e. The second kappa shape index (κ2) is 6.21. The summed E-state index contributed by atoms with van der Waals surface area (Å²) in [6.45, 7) is 1.98. The van der Waals surface area contributed by atoms with Crippen molar-refractivity contribution in [2.45, 2.75) is 25.0 Å². The summed E-state index contributed by atoms with van der Waals surface area (Å²) in [5.74, 6) is 0.0993. The van der Waals surface area contributed by atoms with Crippen molar-refractivity contribution in [1.82, 2.24) is 5.32 Å². The number of cyclic esters (lactones) is 1. The first-order valence-corrected chi connectivity index (χ1v) is 8.68. The van der Waals surface area contributed by atoms with Gasteiger partial charge in [0, 0.05) is 18.7 Å². The monoisotopic (exact) mass is 366 g/mol. The predicted molar refractivity (Wildman–Crippen MR) is 94.7 cm³/mol. The maximum absolute atomic E-state index is 14.8. The van der Waals surface area contributed by atoms with Crippen molar-refractivity contribution in [2.75, 3.05) is 36.0 Å². The van der Waals surface area contributed by atoms with Crippen LogP contribution in [0.1, 0.15) is 12.8 Å². The molecular weight excluding hydrogens is 347 g/mol. The lowest BCUT2D eigenvalue weighted by atomic mass is 10.1. The number of benzene rings is 1. The Morgan fingerprint density at radius 2 is 2.32 bits per heavy atom. The fourth-order valence-electron chi connectivity index (χ4n) is 3.65. The highest BCUT2D eigenvalue weighted by atomic mass is 32.1. The molecule has 0 radical (unpaired) electrons. The maximum Gasteiger partial charge on any atom is 0.414 e. The molecule has 0 aromatic heterocycles. The van der Waals surface area contributed by atoms with E-state index in [1.165, 1.54) is 11.0 Å². The predicted octanol–water partition coefficient (Wildman–Crippen LogP) is 1.35. The van der Waals surface area contributed by atoms with Crippen molar-refractivity contribution in [3.63, 3.8) is 0 Å². The number of halogens is 1. The number of anilines is 2. The Kier molecular flexibility index (Phi) is 4.03. The summed E-state index contributed by atoms with van der Waals surface area (Å²) in [5, 5.41) is 2.91. The van der Waals surface area contributed by atoms with Crippen LogP contribution in [0.3, 0.4) is 0 Å². The van der Waals surface area contributed by atoms with Gasteiger partial charge in [-0.2, -0.15) is 0 Å². The average molecular weight is 366 g/mol. The van der Waals surface area contributed by atoms with Gasteiger partial charge in [-0.25, -0.2) is 9.18 Å². The van der Waals surface area contributed by atoms with Crippen molar-refractivity contribution < 1.29 is 18.7 Å². The first-order chi connectivity index (χ1) is 12.0. The van der Waals surface area contributed by atoms with E-state index in [4.69, 9.17) is 27.4 Å². The number of carbonyl (C=O) groups is 1. The molecule has 134 valence electrons. The van der Waals surface area contributed by atoms with Crippen LogP contribution in [-0.2, 0) is 4.74 Å². The van der Waals surface area contributed by atoms with Gasteiger partial charge in [0.25, 0.3) is 0 Å². The first-order valence-electron chi connectivity index (χ1n) is 8.27. The Balaban J connectivity index is 1.56. The normalized spacial score (nSPS) is 24.4. The number of fused-ring (bicyclic) bond motifs is 3. The zero-order chi connectivity index (χ0) is 17.6. The highest BCUT2D eigenvalue weighted by Crippen LogP contribution is 2.42. The number of hydrogen-bond acceptors (Lipinski definition) is 5. The zero-order valence-electron chi connectivity index (χ0n) is 13.5. The summed E-state index contributed by atoms with van der Waals surface area (Å²) in [6.07, 6.45) is 1.11. The first kappa shape index (κ1) is 16.2. The van der Waals surface area contributed by atoms with E-state index in [1.807, 2.05) is 0 Å². The van der Waals surface area contributed by atoms with E-state index < -0.39 is 12.2 Å². The Hall–Kier alpha value is -2.29. The summed E-state index contributed by atoms with van der Waals surface area (Å²) in [5.41, 5.74) is 6.31. The molecule has 3 N–H and O–H groups in total. The molecule has 0 spiro atoms. The molecule has 25 heavy (non-hydrogen) atoms. The van der Waals surface area contributed by atoms with Crippen molar-refractivity contribution in [1.29, 1.82) is 0 Å². The summed E-state index contributed by atoms with van der Waals surface area (Å²) >= 11 is 4.75. The van der Waals surface area contributed by atoms with Crippen molar-refractivity contribution >= 4 is 34.8 Å². The van der Waals surface area contributed by atoms with Gasteiger partial charge in [-0.3, -0.25) is 4.90 Å². The lowest BCUT2D eigenvalue weighted by Crippen LogP contribution is -2.39. The molecule has 9 heteroatoms. The summed E-state index contributed by atoms with van der Waals surface area (Å²) in [7, 11) is 0. The summed E-state index contributed by atoms with van der Waals surface area (Å²) < 4.78 is 25.8. The average Bonchev–Trinajstić information content (AvgIpc) is 3.18. The Labute approximate surface area is 149 Å². The number of thiocarbonyl (C=S) groups is 1. The van der Waals surface area contributed by atoms with Gasteiger partial charge in [0.05, 0.1) is 24.8 Å². The van der Waals surface area contributed by atoms with Gasteiger partial charge in [-0.05, 0) is 25.1 Å². The molecule has 0 unspecified atom stereocenters. The van der Waals surface area contributed by atoms with E-state index >= 15 is 0 Å². The van der Waals surface area contributed by atoms with E-state index in [-0.39, 0.29) is 17.0 Å². The molecule has 3 heterocycles. The zero-order valence-corrected chi connectivity index (χ0v) is 14.4. The number of amides is 1. The molecule has 2 saturated heterocycles. The molecule has 3 aliphatic rings. The third kappa shape index (κ3) is 2.92. The molecule has 7 nitrogen and oxygen atoms in total. The highest BCUT2D eigenvalue weighted by molar-refractivity contribution is 7.80. The quantitative estimate of drug-likeness (QED) is 0.782. The lowest BCUT2D eigenvalue weighted by molar-refractivity contribution is 0.143. The largest absolute Gasteiger partial charge is 0.489 e. The molecule has 4 rings (SSSR count). The number of nitrogens with zero attached hydrogens (tertiary/aromatic N) is 2. The molecule has 1 aromatic carbocycles. The molecule has 2 atom stereocenters. The van der Waals surface area contributed by atoms with Crippen molar-refractivity contribution in [2.24, 2.45) is 5.73 Å². The third-order valence-electron chi connectivity index (χ3n) is 4.80. The van der Waals surface area contributed by atoms with Crippen molar-refractivity contribution in [3.05, 3.63) is 17.9 Å². The Morgan fingerprint density at radius 1 is 1.48 bits per heavy atom. The minimum Gasteiger partial charge on any atom is -0.489 e. The number of ether oxygens (including phenoxy) is 2. The van der Waals surface area contributed by atoms with Crippen LogP contribution in [0, 0.1) is 5.82 Å².